The highest BCUT2D eigenvalue weighted by molar-refractivity contribution is 14.0. The molecule has 0 bridgehead atoms. The quantitative estimate of drug-likeness (QED) is 0.297. The standard InChI is InChI=1S/C21H25N5O.HI/c1-3-22-21(24-16-18-13-14-25-26(18)2)23-15-17-9-11-20(12-10-17)27-19-7-5-4-6-8-19;/h4-14H,3,15-16H2,1-2H3,(H2,22,23,24);1H. The van der Waals surface area contributed by atoms with E-state index in [0.717, 1.165) is 35.3 Å². The summed E-state index contributed by atoms with van der Waals surface area (Å²) in [6.07, 6.45) is 1.79. The maximum Gasteiger partial charge on any atom is 0.191 e. The molecule has 0 aliphatic carbocycles. The third-order valence-corrected chi connectivity index (χ3v) is 4.03. The summed E-state index contributed by atoms with van der Waals surface area (Å²) in [6.45, 7) is 4.12. The molecule has 0 saturated carbocycles. The molecule has 2 N–H and O–H groups in total. The van der Waals surface area contributed by atoms with Crippen LogP contribution in [0.3, 0.4) is 0 Å². The Bertz CT molecular complexity index is 862. The largest absolute Gasteiger partial charge is 0.457 e. The second kappa shape index (κ2) is 11.3. The third-order valence-electron chi connectivity index (χ3n) is 4.03. The first-order valence-electron chi connectivity index (χ1n) is 9.05. The van der Waals surface area contributed by atoms with E-state index in [4.69, 9.17) is 4.74 Å². The molecule has 3 aromatic rings. The Labute approximate surface area is 183 Å². The summed E-state index contributed by atoms with van der Waals surface area (Å²) in [5, 5.41) is 10.8. The van der Waals surface area contributed by atoms with Crippen LogP contribution in [0.5, 0.6) is 11.5 Å². The molecule has 1 aromatic heterocycles. The van der Waals surface area contributed by atoms with E-state index in [1.54, 1.807) is 6.20 Å². The average molecular weight is 491 g/mol. The van der Waals surface area contributed by atoms with E-state index < -0.39 is 0 Å². The molecule has 0 atom stereocenters. The zero-order valence-corrected chi connectivity index (χ0v) is 18.5. The summed E-state index contributed by atoms with van der Waals surface area (Å²) in [6, 6.07) is 19.8. The number of nitrogens with one attached hydrogen (secondary N) is 2. The third kappa shape index (κ3) is 6.56. The number of aliphatic imine (C=N–C) groups is 1. The number of benzene rings is 2. The number of para-hydroxylation sites is 1. The molecule has 28 heavy (non-hydrogen) atoms. The Kier molecular flexibility index (Phi) is 8.80. The van der Waals surface area contributed by atoms with Crippen LogP contribution in [-0.4, -0.2) is 22.3 Å². The number of nitrogens with zero attached hydrogens (tertiary/aromatic N) is 3. The Morgan fingerprint density at radius 2 is 1.71 bits per heavy atom. The van der Waals surface area contributed by atoms with Gasteiger partial charge in [-0.05, 0) is 42.8 Å². The first-order valence-corrected chi connectivity index (χ1v) is 9.05. The van der Waals surface area contributed by atoms with Gasteiger partial charge in [0.2, 0.25) is 0 Å². The Balaban J connectivity index is 0.00000280. The minimum atomic E-state index is 0. The topological polar surface area (TPSA) is 63.5 Å². The van der Waals surface area contributed by atoms with Gasteiger partial charge in [-0.3, -0.25) is 4.68 Å². The van der Waals surface area contributed by atoms with Gasteiger partial charge in [0.05, 0.1) is 18.8 Å². The number of ether oxygens (including phenoxy) is 1. The van der Waals surface area contributed by atoms with Crippen LogP contribution in [0.4, 0.5) is 0 Å². The normalized spacial score (nSPS) is 10.9. The minimum absolute atomic E-state index is 0. The van der Waals surface area contributed by atoms with Gasteiger partial charge in [0.1, 0.15) is 11.5 Å². The first-order chi connectivity index (χ1) is 13.2. The molecular formula is C21H26IN5O. The van der Waals surface area contributed by atoms with Gasteiger partial charge in [0.25, 0.3) is 0 Å². The molecule has 0 amide bonds. The van der Waals surface area contributed by atoms with Gasteiger partial charge in [0.15, 0.2) is 5.96 Å². The summed E-state index contributed by atoms with van der Waals surface area (Å²) in [5.74, 6) is 2.43. The number of rotatable bonds is 7. The number of hydrogen-bond donors (Lipinski definition) is 2. The number of guanidine groups is 1. The molecule has 0 saturated heterocycles. The molecule has 6 nitrogen and oxygen atoms in total. The fraction of sp³-hybridized carbons (Fsp3) is 0.238. The summed E-state index contributed by atoms with van der Waals surface area (Å²) in [4.78, 5) is 4.65. The molecule has 0 aliphatic heterocycles. The fourth-order valence-corrected chi connectivity index (χ4v) is 2.55. The predicted molar refractivity (Wildman–Crippen MR) is 123 cm³/mol. The van der Waals surface area contributed by atoms with Crippen LogP contribution in [0.1, 0.15) is 18.2 Å². The molecule has 1 heterocycles. The van der Waals surface area contributed by atoms with Crippen molar-refractivity contribution in [1.82, 2.24) is 20.4 Å². The molecule has 0 aliphatic rings. The van der Waals surface area contributed by atoms with Gasteiger partial charge in [-0.2, -0.15) is 5.10 Å². The summed E-state index contributed by atoms with van der Waals surface area (Å²) < 4.78 is 7.67. The van der Waals surface area contributed by atoms with Crippen LogP contribution in [-0.2, 0) is 20.1 Å². The number of halogens is 1. The molecule has 148 valence electrons. The van der Waals surface area contributed by atoms with Crippen molar-refractivity contribution in [2.45, 2.75) is 20.0 Å². The molecule has 3 rings (SSSR count). The van der Waals surface area contributed by atoms with Crippen molar-refractivity contribution >= 4 is 29.9 Å². The number of hydrogen-bond acceptors (Lipinski definition) is 3. The average Bonchev–Trinajstić information content (AvgIpc) is 3.11. The number of aromatic nitrogens is 2. The highest BCUT2D eigenvalue weighted by atomic mass is 127. The lowest BCUT2D eigenvalue weighted by atomic mass is 10.2. The van der Waals surface area contributed by atoms with Crippen LogP contribution in [0.15, 0.2) is 71.9 Å². The first kappa shape index (κ1) is 21.7. The maximum absolute atomic E-state index is 5.82. The molecule has 7 heteroatoms. The maximum atomic E-state index is 5.82. The van der Waals surface area contributed by atoms with E-state index in [0.29, 0.717) is 13.1 Å². The van der Waals surface area contributed by atoms with Gasteiger partial charge < -0.3 is 15.4 Å². The van der Waals surface area contributed by atoms with E-state index in [-0.39, 0.29) is 24.0 Å². The number of aryl methyl sites for hydroxylation is 1. The van der Waals surface area contributed by atoms with Crippen LogP contribution < -0.4 is 15.4 Å². The molecule has 0 unspecified atom stereocenters. The Hall–Kier alpha value is -2.55. The Morgan fingerprint density at radius 3 is 2.36 bits per heavy atom. The summed E-state index contributed by atoms with van der Waals surface area (Å²) in [5.41, 5.74) is 2.22. The smallest absolute Gasteiger partial charge is 0.191 e. The monoisotopic (exact) mass is 491 g/mol. The summed E-state index contributed by atoms with van der Waals surface area (Å²) >= 11 is 0. The molecule has 2 aromatic carbocycles. The molecule has 0 fully saturated rings. The van der Waals surface area contributed by atoms with Crippen molar-refractivity contribution in [3.8, 4) is 11.5 Å². The SMILES string of the molecule is CCNC(=NCc1ccc(Oc2ccccc2)cc1)NCc1ccnn1C.I. The molecular weight excluding hydrogens is 465 g/mol. The van der Waals surface area contributed by atoms with E-state index in [1.807, 2.05) is 72.4 Å². The van der Waals surface area contributed by atoms with E-state index >= 15 is 0 Å². The zero-order valence-electron chi connectivity index (χ0n) is 16.1. The van der Waals surface area contributed by atoms with Crippen LogP contribution in [0.25, 0.3) is 0 Å². The highest BCUT2D eigenvalue weighted by Gasteiger charge is 2.02. The van der Waals surface area contributed by atoms with Gasteiger partial charge in [0, 0.05) is 19.8 Å². The van der Waals surface area contributed by atoms with Gasteiger partial charge >= 0.3 is 0 Å². The lowest BCUT2D eigenvalue weighted by Crippen LogP contribution is -2.37. The highest BCUT2D eigenvalue weighted by Crippen LogP contribution is 2.21. The zero-order chi connectivity index (χ0) is 18.9. The second-order valence-corrected chi connectivity index (χ2v) is 6.05. The summed E-state index contributed by atoms with van der Waals surface area (Å²) in [7, 11) is 1.93. The van der Waals surface area contributed by atoms with Crippen LogP contribution in [0.2, 0.25) is 0 Å². The van der Waals surface area contributed by atoms with Crippen LogP contribution in [0, 0.1) is 0 Å². The fourth-order valence-electron chi connectivity index (χ4n) is 2.55. The van der Waals surface area contributed by atoms with Crippen molar-refractivity contribution in [2.75, 3.05) is 6.54 Å². The van der Waals surface area contributed by atoms with E-state index in [9.17, 15) is 0 Å². The minimum Gasteiger partial charge on any atom is -0.457 e. The van der Waals surface area contributed by atoms with E-state index in [2.05, 4.69) is 27.6 Å². The van der Waals surface area contributed by atoms with Crippen LogP contribution >= 0.6 is 24.0 Å². The molecule has 0 radical (unpaired) electrons. The van der Waals surface area contributed by atoms with Gasteiger partial charge in [-0.1, -0.05) is 30.3 Å². The lowest BCUT2D eigenvalue weighted by molar-refractivity contribution is 0.482. The van der Waals surface area contributed by atoms with Crippen molar-refractivity contribution in [1.29, 1.82) is 0 Å². The van der Waals surface area contributed by atoms with Gasteiger partial charge in [-0.25, -0.2) is 4.99 Å². The predicted octanol–water partition coefficient (Wildman–Crippen LogP) is 4.09. The lowest BCUT2D eigenvalue weighted by Gasteiger charge is -2.11. The van der Waals surface area contributed by atoms with Crippen molar-refractivity contribution in [3.05, 3.63) is 78.1 Å². The second-order valence-electron chi connectivity index (χ2n) is 6.05. The molecule has 0 spiro atoms. The Morgan fingerprint density at radius 1 is 1.00 bits per heavy atom. The van der Waals surface area contributed by atoms with Gasteiger partial charge in [-0.15, -0.1) is 24.0 Å². The van der Waals surface area contributed by atoms with Crippen molar-refractivity contribution < 1.29 is 4.74 Å². The van der Waals surface area contributed by atoms with Crippen molar-refractivity contribution in [2.24, 2.45) is 12.0 Å². The van der Waals surface area contributed by atoms with Crippen molar-refractivity contribution in [3.63, 3.8) is 0 Å². The van der Waals surface area contributed by atoms with E-state index in [1.165, 1.54) is 0 Å².